The molecule has 21 heavy (non-hydrogen) atoms. The molecule has 0 aromatic heterocycles. The van der Waals surface area contributed by atoms with Crippen LogP contribution in [-0.2, 0) is 9.53 Å². The fraction of sp³-hybridized carbons (Fsp3) is 0.857. The minimum atomic E-state index is -0.0650. The second-order valence-corrected chi connectivity index (χ2v) is 6.85. The highest BCUT2D eigenvalue weighted by Gasteiger charge is 2.26. The van der Waals surface area contributed by atoms with Gasteiger partial charge in [0.2, 0.25) is 5.91 Å². The van der Waals surface area contributed by atoms with Crippen molar-refractivity contribution in [3.63, 3.8) is 0 Å². The summed E-state index contributed by atoms with van der Waals surface area (Å²) in [7, 11) is 0. The second kappa shape index (κ2) is 8.00. The van der Waals surface area contributed by atoms with Crippen LogP contribution in [0.1, 0.15) is 13.8 Å². The fourth-order valence-electron chi connectivity index (χ4n) is 2.71. The molecule has 7 heteroatoms. The van der Waals surface area contributed by atoms with Crippen molar-refractivity contribution >= 4 is 22.9 Å². The Morgan fingerprint density at radius 1 is 1.33 bits per heavy atom. The number of hydrogen-bond acceptors (Lipinski definition) is 5. The zero-order chi connectivity index (χ0) is 15.2. The van der Waals surface area contributed by atoms with E-state index in [1.54, 1.807) is 4.90 Å². The van der Waals surface area contributed by atoms with Gasteiger partial charge in [-0.15, -0.1) is 0 Å². The number of carbonyl (C=O) groups excluding carboxylic acids is 2. The minimum absolute atomic E-state index is 0.0127. The van der Waals surface area contributed by atoms with Crippen LogP contribution in [0.15, 0.2) is 0 Å². The Morgan fingerprint density at radius 3 is 2.62 bits per heavy atom. The fourth-order valence-corrected chi connectivity index (χ4v) is 3.54. The van der Waals surface area contributed by atoms with Crippen molar-refractivity contribution < 1.29 is 14.3 Å². The number of morpholine rings is 1. The van der Waals surface area contributed by atoms with Crippen LogP contribution < -0.4 is 5.32 Å². The molecule has 2 aliphatic rings. The van der Waals surface area contributed by atoms with Crippen LogP contribution in [0.2, 0.25) is 0 Å². The summed E-state index contributed by atoms with van der Waals surface area (Å²) >= 11 is 1.28. The van der Waals surface area contributed by atoms with Gasteiger partial charge in [0.25, 0.3) is 5.24 Å². The highest BCUT2D eigenvalue weighted by atomic mass is 32.2. The molecule has 2 saturated heterocycles. The molecule has 2 heterocycles. The number of hydrogen-bond donors (Lipinski definition) is 1. The average molecular weight is 315 g/mol. The van der Waals surface area contributed by atoms with E-state index < -0.39 is 0 Å². The van der Waals surface area contributed by atoms with Crippen LogP contribution in [-0.4, -0.2) is 78.7 Å². The molecule has 0 aromatic carbocycles. The lowest BCUT2D eigenvalue weighted by Gasteiger charge is -2.37. The van der Waals surface area contributed by atoms with Crippen LogP contribution in [0.5, 0.6) is 0 Å². The minimum Gasteiger partial charge on any atom is -0.379 e. The molecule has 0 unspecified atom stereocenters. The Labute approximate surface area is 130 Å². The summed E-state index contributed by atoms with van der Waals surface area (Å²) in [5, 5.41) is 3.00. The maximum atomic E-state index is 12.0. The molecule has 2 aliphatic heterocycles. The standard InChI is InChI=1S/C14H25N3O3S/c1-11(2)12(16-3-6-20-7-4-16)9-15-13(18)10-17-5-8-21-14(17)19/h11-12H,3-10H2,1-2H3,(H,15,18)/t12-/m1/s1. The van der Waals surface area contributed by atoms with E-state index in [1.807, 2.05) is 0 Å². The monoisotopic (exact) mass is 315 g/mol. The van der Waals surface area contributed by atoms with Crippen molar-refractivity contribution in [3.05, 3.63) is 0 Å². The number of nitrogens with one attached hydrogen (secondary N) is 1. The summed E-state index contributed by atoms with van der Waals surface area (Å²) in [6.45, 7) is 9.19. The molecule has 0 saturated carbocycles. The van der Waals surface area contributed by atoms with Gasteiger partial charge in [0.1, 0.15) is 6.54 Å². The number of amides is 2. The third-order valence-electron chi connectivity index (χ3n) is 3.97. The predicted octanol–water partition coefficient (Wildman–Crippen LogP) is 0.628. The Morgan fingerprint density at radius 2 is 2.05 bits per heavy atom. The first-order valence-electron chi connectivity index (χ1n) is 7.58. The van der Waals surface area contributed by atoms with Crippen LogP contribution in [0.3, 0.4) is 0 Å². The molecule has 120 valence electrons. The lowest BCUT2D eigenvalue weighted by molar-refractivity contribution is -0.122. The van der Waals surface area contributed by atoms with Crippen LogP contribution in [0.4, 0.5) is 4.79 Å². The van der Waals surface area contributed by atoms with Crippen LogP contribution in [0, 0.1) is 5.92 Å². The number of ether oxygens (including phenoxy) is 1. The van der Waals surface area contributed by atoms with E-state index in [0.29, 0.717) is 25.0 Å². The Kier molecular flexibility index (Phi) is 6.32. The maximum Gasteiger partial charge on any atom is 0.282 e. The molecule has 1 atom stereocenters. The van der Waals surface area contributed by atoms with Gasteiger partial charge in [0.05, 0.1) is 13.2 Å². The van der Waals surface area contributed by atoms with Gasteiger partial charge in [-0.1, -0.05) is 25.6 Å². The van der Waals surface area contributed by atoms with Gasteiger partial charge in [-0.05, 0) is 5.92 Å². The summed E-state index contributed by atoms with van der Waals surface area (Å²) < 4.78 is 5.38. The van der Waals surface area contributed by atoms with Crippen molar-refractivity contribution in [1.29, 1.82) is 0 Å². The van der Waals surface area contributed by atoms with Gasteiger partial charge in [-0.2, -0.15) is 0 Å². The highest BCUT2D eigenvalue weighted by molar-refractivity contribution is 8.13. The second-order valence-electron chi connectivity index (χ2n) is 5.80. The highest BCUT2D eigenvalue weighted by Crippen LogP contribution is 2.16. The number of nitrogens with zero attached hydrogens (tertiary/aromatic N) is 2. The zero-order valence-corrected chi connectivity index (χ0v) is 13.7. The number of rotatable bonds is 6. The van der Waals surface area contributed by atoms with E-state index in [1.165, 1.54) is 11.8 Å². The molecule has 2 amide bonds. The number of carbonyl (C=O) groups is 2. The van der Waals surface area contributed by atoms with Crippen molar-refractivity contribution in [1.82, 2.24) is 15.1 Å². The summed E-state index contributed by atoms with van der Waals surface area (Å²) in [5.41, 5.74) is 0. The van der Waals surface area contributed by atoms with Crippen molar-refractivity contribution in [2.75, 3.05) is 51.7 Å². The number of thioether (sulfide) groups is 1. The molecule has 2 rings (SSSR count). The largest absolute Gasteiger partial charge is 0.379 e. The third-order valence-corrected chi connectivity index (χ3v) is 4.86. The molecule has 2 fully saturated rings. The van der Waals surface area contributed by atoms with Gasteiger partial charge in [0, 0.05) is 38.0 Å². The van der Waals surface area contributed by atoms with Crippen LogP contribution >= 0.6 is 11.8 Å². The van der Waals surface area contributed by atoms with Crippen molar-refractivity contribution in [2.24, 2.45) is 5.92 Å². The van der Waals surface area contributed by atoms with Gasteiger partial charge in [-0.25, -0.2) is 0 Å². The average Bonchev–Trinajstić information content (AvgIpc) is 2.85. The van der Waals surface area contributed by atoms with Gasteiger partial charge >= 0.3 is 0 Å². The first-order valence-corrected chi connectivity index (χ1v) is 8.56. The van der Waals surface area contributed by atoms with E-state index in [2.05, 4.69) is 24.1 Å². The molecular weight excluding hydrogens is 290 g/mol. The Bertz CT molecular complexity index is 372. The van der Waals surface area contributed by atoms with Crippen molar-refractivity contribution in [3.8, 4) is 0 Å². The molecule has 0 bridgehead atoms. The molecular formula is C14H25N3O3S. The molecule has 0 radical (unpaired) electrons. The summed E-state index contributed by atoms with van der Waals surface area (Å²) in [5.74, 6) is 1.19. The van der Waals surface area contributed by atoms with Gasteiger partial charge in [-0.3, -0.25) is 14.5 Å². The van der Waals surface area contributed by atoms with Gasteiger partial charge < -0.3 is 15.0 Å². The summed E-state index contributed by atoms with van der Waals surface area (Å²) in [4.78, 5) is 27.5. The SMILES string of the molecule is CC(C)[C@@H](CNC(=O)CN1CCSC1=O)N1CCOCC1. The Hall–Kier alpha value is -0.790. The van der Waals surface area contributed by atoms with E-state index in [0.717, 1.165) is 32.1 Å². The summed E-state index contributed by atoms with van der Waals surface area (Å²) in [6, 6.07) is 0.321. The first-order chi connectivity index (χ1) is 10.1. The lowest BCUT2D eigenvalue weighted by atomic mass is 10.0. The van der Waals surface area contributed by atoms with E-state index in [-0.39, 0.29) is 17.7 Å². The lowest BCUT2D eigenvalue weighted by Crippen LogP contribution is -2.52. The summed E-state index contributed by atoms with van der Waals surface area (Å²) in [6.07, 6.45) is 0. The topological polar surface area (TPSA) is 61.9 Å². The quantitative estimate of drug-likeness (QED) is 0.779. The Balaban J connectivity index is 1.78. The molecule has 1 N–H and O–H groups in total. The van der Waals surface area contributed by atoms with Crippen LogP contribution in [0.25, 0.3) is 0 Å². The molecule has 6 nitrogen and oxygen atoms in total. The van der Waals surface area contributed by atoms with Gasteiger partial charge in [0.15, 0.2) is 0 Å². The maximum absolute atomic E-state index is 12.0. The molecule has 0 aromatic rings. The smallest absolute Gasteiger partial charge is 0.282 e. The van der Waals surface area contributed by atoms with E-state index in [9.17, 15) is 9.59 Å². The molecule has 0 spiro atoms. The third kappa shape index (κ3) is 4.86. The van der Waals surface area contributed by atoms with E-state index in [4.69, 9.17) is 4.74 Å². The molecule has 0 aliphatic carbocycles. The normalized spacial score (nSPS) is 21.9. The predicted molar refractivity (Wildman–Crippen MR) is 83.5 cm³/mol. The zero-order valence-electron chi connectivity index (χ0n) is 12.8. The van der Waals surface area contributed by atoms with E-state index >= 15 is 0 Å². The first kappa shape index (κ1) is 16.6. The van der Waals surface area contributed by atoms with Crippen molar-refractivity contribution in [2.45, 2.75) is 19.9 Å².